The molecule has 6 rings (SSSR count). The summed E-state index contributed by atoms with van der Waals surface area (Å²) in [6, 6.07) is 12.3. The number of ether oxygens (including phenoxy) is 3. The zero-order chi connectivity index (χ0) is 23.8. The van der Waals surface area contributed by atoms with Gasteiger partial charge in [-0.3, -0.25) is 0 Å². The molecule has 8 nitrogen and oxygen atoms in total. The van der Waals surface area contributed by atoms with E-state index in [4.69, 9.17) is 24.9 Å². The summed E-state index contributed by atoms with van der Waals surface area (Å²) in [4.78, 5) is 13.5. The molecule has 0 spiro atoms. The van der Waals surface area contributed by atoms with Gasteiger partial charge in [-0.25, -0.2) is 15.0 Å². The third-order valence-electron chi connectivity index (χ3n) is 6.57. The van der Waals surface area contributed by atoms with Gasteiger partial charge in [0.15, 0.2) is 0 Å². The highest BCUT2D eigenvalue weighted by Gasteiger charge is 2.26. The van der Waals surface area contributed by atoms with E-state index < -0.39 is 0 Å². The van der Waals surface area contributed by atoms with Crippen LogP contribution in [0.2, 0.25) is 0 Å². The monoisotopic (exact) mass is 489 g/mol. The molecule has 35 heavy (non-hydrogen) atoms. The highest BCUT2D eigenvalue weighted by atomic mass is 32.1. The third kappa shape index (κ3) is 4.49. The Morgan fingerprint density at radius 3 is 2.97 bits per heavy atom. The number of nitrogens with zero attached hydrogens (tertiary/aromatic N) is 3. The van der Waals surface area contributed by atoms with E-state index in [0.29, 0.717) is 19.3 Å². The normalized spacial score (nSPS) is 19.3. The van der Waals surface area contributed by atoms with E-state index in [-0.39, 0.29) is 11.9 Å². The maximum Gasteiger partial charge on any atom is 0.220 e. The van der Waals surface area contributed by atoms with Gasteiger partial charge >= 0.3 is 0 Å². The minimum absolute atomic E-state index is 0.162. The molecule has 2 atom stereocenters. The molecule has 2 aromatic carbocycles. The quantitative estimate of drug-likeness (QED) is 0.415. The number of thiazole rings is 1. The van der Waals surface area contributed by atoms with Crippen LogP contribution in [-0.4, -0.2) is 47.9 Å². The summed E-state index contributed by atoms with van der Waals surface area (Å²) in [5.74, 6) is 2.93. The van der Waals surface area contributed by atoms with Crippen LogP contribution in [0.4, 0.5) is 5.95 Å². The summed E-state index contributed by atoms with van der Waals surface area (Å²) in [7, 11) is 1.68. The predicted molar refractivity (Wildman–Crippen MR) is 137 cm³/mol. The lowest BCUT2D eigenvalue weighted by Gasteiger charge is -2.24. The lowest BCUT2D eigenvalue weighted by molar-refractivity contribution is 0.261. The van der Waals surface area contributed by atoms with Crippen LogP contribution in [0, 0.1) is 0 Å². The number of benzene rings is 2. The maximum atomic E-state index is 6.34. The standard InChI is InChI=1S/C26H27N5O3S/c1-32-19-4-5-21-16(10-19)9-17(13-33-21)25-31-24-22(34-14-18-3-2-7-28-18)11-15(12-23(24)35-25)20-6-8-29-26(27)30-20/h4-6,8,10-12,17-18,28H,2-3,7,9,13-14H2,1H3,(H2,27,29,30). The fourth-order valence-corrected chi connectivity index (χ4v) is 5.84. The van der Waals surface area contributed by atoms with Gasteiger partial charge in [-0.05, 0) is 67.8 Å². The summed E-state index contributed by atoms with van der Waals surface area (Å²) >= 11 is 1.68. The fourth-order valence-electron chi connectivity index (χ4n) is 4.73. The maximum absolute atomic E-state index is 6.34. The van der Waals surface area contributed by atoms with Gasteiger partial charge in [0, 0.05) is 23.7 Å². The second-order valence-electron chi connectivity index (χ2n) is 8.96. The summed E-state index contributed by atoms with van der Waals surface area (Å²) < 4.78 is 18.9. The van der Waals surface area contributed by atoms with Gasteiger partial charge in [-0.2, -0.15) is 0 Å². The van der Waals surface area contributed by atoms with E-state index in [0.717, 1.165) is 68.7 Å². The van der Waals surface area contributed by atoms with Crippen LogP contribution in [-0.2, 0) is 6.42 Å². The molecule has 0 aliphatic carbocycles. The van der Waals surface area contributed by atoms with Crippen molar-refractivity contribution in [3.8, 4) is 28.5 Å². The predicted octanol–water partition coefficient (Wildman–Crippen LogP) is 4.19. The van der Waals surface area contributed by atoms with Crippen LogP contribution >= 0.6 is 11.3 Å². The first kappa shape index (κ1) is 22.1. The van der Waals surface area contributed by atoms with E-state index >= 15 is 0 Å². The summed E-state index contributed by atoms with van der Waals surface area (Å²) in [5, 5.41) is 4.54. The van der Waals surface area contributed by atoms with E-state index in [1.165, 1.54) is 6.42 Å². The highest BCUT2D eigenvalue weighted by Crippen LogP contribution is 2.40. The fraction of sp³-hybridized carbons (Fsp3) is 0.346. The number of nitrogens with two attached hydrogens (primary N) is 1. The van der Waals surface area contributed by atoms with Crippen LogP contribution < -0.4 is 25.3 Å². The third-order valence-corrected chi connectivity index (χ3v) is 7.74. The molecular weight excluding hydrogens is 462 g/mol. The van der Waals surface area contributed by atoms with Gasteiger partial charge in [0.25, 0.3) is 0 Å². The molecule has 4 heterocycles. The van der Waals surface area contributed by atoms with E-state index in [2.05, 4.69) is 27.4 Å². The Morgan fingerprint density at radius 1 is 1.20 bits per heavy atom. The Labute approximate surface area is 207 Å². The summed E-state index contributed by atoms with van der Waals surface area (Å²) in [6.45, 7) is 2.24. The van der Waals surface area contributed by atoms with Crippen molar-refractivity contribution in [2.24, 2.45) is 0 Å². The molecule has 180 valence electrons. The molecule has 0 saturated carbocycles. The van der Waals surface area contributed by atoms with Crippen molar-refractivity contribution in [2.45, 2.75) is 31.2 Å². The van der Waals surface area contributed by atoms with Crippen molar-refractivity contribution in [3.63, 3.8) is 0 Å². The smallest absolute Gasteiger partial charge is 0.220 e. The zero-order valence-corrected chi connectivity index (χ0v) is 20.3. The topological polar surface area (TPSA) is 104 Å². The average molecular weight is 490 g/mol. The molecule has 1 fully saturated rings. The minimum Gasteiger partial charge on any atom is -0.497 e. The number of fused-ring (bicyclic) bond motifs is 2. The molecule has 0 bridgehead atoms. The van der Waals surface area contributed by atoms with Crippen LogP contribution in [0.1, 0.15) is 29.3 Å². The zero-order valence-electron chi connectivity index (χ0n) is 19.5. The first-order valence-electron chi connectivity index (χ1n) is 11.9. The number of rotatable bonds is 6. The van der Waals surface area contributed by atoms with Crippen LogP contribution in [0.15, 0.2) is 42.6 Å². The van der Waals surface area contributed by atoms with Crippen LogP contribution in [0.25, 0.3) is 21.5 Å². The van der Waals surface area contributed by atoms with Crippen molar-refractivity contribution in [3.05, 3.63) is 53.2 Å². The minimum atomic E-state index is 0.162. The van der Waals surface area contributed by atoms with Gasteiger partial charge < -0.3 is 25.3 Å². The molecule has 0 radical (unpaired) electrons. The van der Waals surface area contributed by atoms with Gasteiger partial charge in [-0.15, -0.1) is 11.3 Å². The lowest BCUT2D eigenvalue weighted by Crippen LogP contribution is -2.28. The number of nitrogen functional groups attached to an aromatic ring is 1. The number of nitrogens with one attached hydrogen (secondary N) is 1. The largest absolute Gasteiger partial charge is 0.497 e. The van der Waals surface area contributed by atoms with Crippen LogP contribution in [0.3, 0.4) is 0 Å². The molecule has 0 amide bonds. The molecule has 2 aliphatic rings. The van der Waals surface area contributed by atoms with Crippen LogP contribution in [0.5, 0.6) is 17.2 Å². The first-order valence-corrected chi connectivity index (χ1v) is 12.7. The molecular formula is C26H27N5O3S. The second kappa shape index (κ2) is 9.31. The van der Waals surface area contributed by atoms with Gasteiger partial charge in [-0.1, -0.05) is 0 Å². The first-order chi connectivity index (χ1) is 17.2. The summed E-state index contributed by atoms with van der Waals surface area (Å²) in [5.41, 5.74) is 9.57. The van der Waals surface area contributed by atoms with E-state index in [9.17, 15) is 0 Å². The van der Waals surface area contributed by atoms with Gasteiger partial charge in [0.2, 0.25) is 5.95 Å². The van der Waals surface area contributed by atoms with Crippen molar-refractivity contribution in [1.29, 1.82) is 0 Å². The lowest BCUT2D eigenvalue weighted by atomic mass is 9.97. The number of hydrogen-bond donors (Lipinski definition) is 2. The van der Waals surface area contributed by atoms with Crippen molar-refractivity contribution in [2.75, 3.05) is 32.6 Å². The molecule has 4 aromatic rings. The highest BCUT2D eigenvalue weighted by molar-refractivity contribution is 7.18. The Bertz CT molecular complexity index is 1370. The summed E-state index contributed by atoms with van der Waals surface area (Å²) in [6.07, 6.45) is 4.83. The average Bonchev–Trinajstić information content (AvgIpc) is 3.56. The molecule has 3 N–H and O–H groups in total. The Kier molecular flexibility index (Phi) is 5.87. The number of aromatic nitrogens is 3. The molecule has 1 saturated heterocycles. The van der Waals surface area contributed by atoms with Gasteiger partial charge in [0.1, 0.15) is 34.4 Å². The Hall–Kier alpha value is -3.43. The molecule has 2 unspecified atom stereocenters. The SMILES string of the molecule is COc1ccc2c(c1)CC(c1nc3c(OCC4CCCN4)cc(-c4ccnc(N)n4)cc3s1)CO2. The number of hydrogen-bond acceptors (Lipinski definition) is 9. The Morgan fingerprint density at radius 2 is 2.14 bits per heavy atom. The van der Waals surface area contributed by atoms with Crippen molar-refractivity contribution in [1.82, 2.24) is 20.3 Å². The van der Waals surface area contributed by atoms with Crippen molar-refractivity contribution < 1.29 is 14.2 Å². The second-order valence-corrected chi connectivity index (χ2v) is 10.0. The Balaban J connectivity index is 1.36. The number of methoxy groups -OCH3 is 1. The molecule has 2 aliphatic heterocycles. The number of anilines is 1. The molecule has 9 heteroatoms. The van der Waals surface area contributed by atoms with E-state index in [1.54, 1.807) is 24.6 Å². The molecule has 2 aromatic heterocycles. The van der Waals surface area contributed by atoms with Crippen molar-refractivity contribution >= 4 is 27.5 Å². The van der Waals surface area contributed by atoms with E-state index in [1.807, 2.05) is 24.3 Å². The van der Waals surface area contributed by atoms with Gasteiger partial charge in [0.05, 0.1) is 24.1 Å².